The summed E-state index contributed by atoms with van der Waals surface area (Å²) in [6.07, 6.45) is 4.33. The molecule has 0 radical (unpaired) electrons. The molecule has 2 aromatic heterocycles. The maximum Gasteiger partial charge on any atom is 0.254 e. The van der Waals surface area contributed by atoms with Crippen LogP contribution in [0.5, 0.6) is 0 Å². The van der Waals surface area contributed by atoms with Gasteiger partial charge in [-0.1, -0.05) is 35.9 Å². The summed E-state index contributed by atoms with van der Waals surface area (Å²) in [6, 6.07) is 13.1. The van der Waals surface area contributed by atoms with Crippen LogP contribution in [0.4, 0.5) is 0 Å². The second-order valence-corrected chi connectivity index (χ2v) is 7.28. The van der Waals surface area contributed by atoms with Crippen molar-refractivity contribution in [2.45, 2.75) is 25.3 Å². The quantitative estimate of drug-likeness (QED) is 0.557. The fourth-order valence-corrected chi connectivity index (χ4v) is 4.19. The summed E-state index contributed by atoms with van der Waals surface area (Å²) in [6.45, 7) is 0. The third-order valence-corrected chi connectivity index (χ3v) is 5.56. The maximum atomic E-state index is 13.1. The maximum absolute atomic E-state index is 13.1. The summed E-state index contributed by atoms with van der Waals surface area (Å²) >= 11 is 6.36. The first-order valence-electron chi connectivity index (χ1n) is 9.14. The van der Waals surface area contributed by atoms with Crippen LogP contribution in [0.25, 0.3) is 16.6 Å². The number of halogens is 1. The molecule has 2 heterocycles. The van der Waals surface area contributed by atoms with E-state index >= 15 is 0 Å². The summed E-state index contributed by atoms with van der Waals surface area (Å²) in [5.74, 6) is -0.159. The summed E-state index contributed by atoms with van der Waals surface area (Å²) in [7, 11) is 0. The Balaban J connectivity index is 1.50. The monoisotopic (exact) mass is 392 g/mol. The molecule has 140 valence electrons. The highest BCUT2D eigenvalue weighted by Crippen LogP contribution is 2.37. The van der Waals surface area contributed by atoms with E-state index in [1.54, 1.807) is 6.07 Å². The fraction of sp³-hybridized carbons (Fsp3) is 0.200. The molecule has 2 N–H and O–H groups in total. The molecular weight excluding hydrogens is 376 g/mol. The minimum Gasteiger partial charge on any atom is -0.355 e. The van der Waals surface area contributed by atoms with Crippen LogP contribution in [0.15, 0.2) is 48.8 Å². The number of amides is 1. The van der Waals surface area contributed by atoms with Gasteiger partial charge in [-0.15, -0.1) is 5.10 Å². The Labute approximate surface area is 165 Å². The number of nitrogens with one attached hydrogen (secondary N) is 2. The predicted molar refractivity (Wildman–Crippen MR) is 106 cm³/mol. The number of para-hydroxylation sites is 2. The minimum absolute atomic E-state index is 0.0957. The first kappa shape index (κ1) is 16.9. The number of benzene rings is 2. The zero-order valence-electron chi connectivity index (χ0n) is 14.9. The van der Waals surface area contributed by atoms with Gasteiger partial charge in [0, 0.05) is 11.1 Å². The van der Waals surface area contributed by atoms with Crippen molar-refractivity contribution in [2.24, 2.45) is 0 Å². The van der Waals surface area contributed by atoms with Gasteiger partial charge in [-0.05, 0) is 53.5 Å². The predicted octanol–water partition coefficient (Wildman–Crippen LogP) is 3.60. The average Bonchev–Trinajstić information content (AvgIpc) is 3.37. The molecule has 0 saturated carbocycles. The van der Waals surface area contributed by atoms with E-state index in [2.05, 4.69) is 31.9 Å². The SMILES string of the molecule is O=C(N[C@H]1CCCc2c1[nH]c1c(Cl)cccc21)c1ccccc1-n1cnnn1. The number of carbonyl (C=O) groups excluding carboxylic acids is 1. The van der Waals surface area contributed by atoms with Gasteiger partial charge < -0.3 is 10.3 Å². The fourth-order valence-electron chi connectivity index (χ4n) is 3.97. The summed E-state index contributed by atoms with van der Waals surface area (Å²) < 4.78 is 1.49. The largest absolute Gasteiger partial charge is 0.355 e. The van der Waals surface area contributed by atoms with Crippen molar-refractivity contribution in [3.05, 3.63) is 70.6 Å². The first-order chi connectivity index (χ1) is 13.7. The lowest BCUT2D eigenvalue weighted by molar-refractivity contribution is 0.0932. The topological polar surface area (TPSA) is 88.5 Å². The van der Waals surface area contributed by atoms with Crippen molar-refractivity contribution < 1.29 is 4.79 Å². The van der Waals surface area contributed by atoms with Gasteiger partial charge in [0.15, 0.2) is 0 Å². The number of hydrogen-bond donors (Lipinski definition) is 2. The molecule has 0 spiro atoms. The second kappa shape index (κ2) is 6.76. The van der Waals surface area contributed by atoms with Crippen molar-refractivity contribution in [3.8, 4) is 5.69 Å². The molecule has 1 atom stereocenters. The van der Waals surface area contributed by atoms with Crippen LogP contribution in [-0.4, -0.2) is 31.1 Å². The van der Waals surface area contributed by atoms with Crippen molar-refractivity contribution in [2.75, 3.05) is 0 Å². The van der Waals surface area contributed by atoms with Crippen molar-refractivity contribution in [3.63, 3.8) is 0 Å². The Morgan fingerprint density at radius 1 is 1.21 bits per heavy atom. The summed E-state index contributed by atoms with van der Waals surface area (Å²) in [5.41, 5.74) is 4.38. The third kappa shape index (κ3) is 2.75. The lowest BCUT2D eigenvalue weighted by Crippen LogP contribution is -2.31. The average molecular weight is 393 g/mol. The van der Waals surface area contributed by atoms with E-state index in [0.29, 0.717) is 16.3 Å². The number of aromatic amines is 1. The smallest absolute Gasteiger partial charge is 0.254 e. The molecule has 0 bridgehead atoms. The van der Waals surface area contributed by atoms with Gasteiger partial charge in [0.2, 0.25) is 0 Å². The van der Waals surface area contributed by atoms with Crippen LogP contribution in [-0.2, 0) is 6.42 Å². The number of rotatable bonds is 3. The van der Waals surface area contributed by atoms with Crippen LogP contribution in [0, 0.1) is 0 Å². The van der Waals surface area contributed by atoms with Crippen molar-refractivity contribution in [1.82, 2.24) is 30.5 Å². The Morgan fingerprint density at radius 3 is 2.96 bits per heavy atom. The summed E-state index contributed by atoms with van der Waals surface area (Å²) in [5, 5.41) is 16.2. The van der Waals surface area contributed by atoms with Gasteiger partial charge >= 0.3 is 0 Å². The minimum atomic E-state index is -0.159. The van der Waals surface area contributed by atoms with Crippen LogP contribution < -0.4 is 5.32 Å². The van der Waals surface area contributed by atoms with E-state index in [1.807, 2.05) is 30.3 Å². The standard InChI is InChI=1S/C20H17ClN6O/c21-15-8-3-6-12-13-7-4-9-16(19(13)24-18(12)15)23-20(28)14-5-1-2-10-17(14)27-11-22-25-26-27/h1-3,5-6,8,10-11,16,24H,4,7,9H2,(H,23,28)/t16-/m0/s1. The van der Waals surface area contributed by atoms with E-state index in [0.717, 1.165) is 35.9 Å². The molecule has 28 heavy (non-hydrogen) atoms. The molecule has 0 unspecified atom stereocenters. The van der Waals surface area contributed by atoms with Crippen LogP contribution in [0.1, 0.15) is 40.5 Å². The number of aromatic nitrogens is 5. The zero-order chi connectivity index (χ0) is 19.1. The molecule has 8 heteroatoms. The number of carbonyl (C=O) groups is 1. The first-order valence-corrected chi connectivity index (χ1v) is 9.52. The lowest BCUT2D eigenvalue weighted by Gasteiger charge is -2.24. The van der Waals surface area contributed by atoms with E-state index in [-0.39, 0.29) is 11.9 Å². The highest BCUT2D eigenvalue weighted by atomic mass is 35.5. The number of H-pyrrole nitrogens is 1. The van der Waals surface area contributed by atoms with Gasteiger partial charge in [0.05, 0.1) is 27.8 Å². The third-order valence-electron chi connectivity index (χ3n) is 5.24. The Morgan fingerprint density at radius 2 is 2.11 bits per heavy atom. The lowest BCUT2D eigenvalue weighted by atomic mass is 9.91. The van der Waals surface area contributed by atoms with Crippen molar-refractivity contribution in [1.29, 1.82) is 0 Å². The molecular formula is C20H17ClN6O. The van der Waals surface area contributed by atoms with Gasteiger partial charge in [0.25, 0.3) is 5.91 Å². The molecule has 5 rings (SSSR count). The Kier molecular flexibility index (Phi) is 4.09. The number of fused-ring (bicyclic) bond motifs is 3. The van der Waals surface area contributed by atoms with E-state index < -0.39 is 0 Å². The Hall–Kier alpha value is -3.19. The number of hydrogen-bond acceptors (Lipinski definition) is 4. The number of tetrazole rings is 1. The molecule has 2 aromatic carbocycles. The molecule has 4 aromatic rings. The molecule has 1 aliphatic rings. The highest BCUT2D eigenvalue weighted by molar-refractivity contribution is 6.35. The van der Waals surface area contributed by atoms with Gasteiger partial charge in [-0.25, -0.2) is 0 Å². The van der Waals surface area contributed by atoms with Crippen LogP contribution in [0.2, 0.25) is 5.02 Å². The number of nitrogens with zero attached hydrogens (tertiary/aromatic N) is 4. The van der Waals surface area contributed by atoms with E-state index in [1.165, 1.54) is 16.6 Å². The molecule has 1 aliphatic carbocycles. The van der Waals surface area contributed by atoms with Crippen LogP contribution >= 0.6 is 11.6 Å². The Bertz CT molecular complexity index is 1170. The van der Waals surface area contributed by atoms with E-state index in [9.17, 15) is 4.79 Å². The molecule has 0 fully saturated rings. The van der Waals surface area contributed by atoms with Gasteiger partial charge in [-0.2, -0.15) is 4.68 Å². The van der Waals surface area contributed by atoms with E-state index in [4.69, 9.17) is 11.6 Å². The molecule has 1 amide bonds. The summed E-state index contributed by atoms with van der Waals surface area (Å²) in [4.78, 5) is 16.5. The second-order valence-electron chi connectivity index (χ2n) is 6.87. The highest BCUT2D eigenvalue weighted by Gasteiger charge is 2.27. The zero-order valence-corrected chi connectivity index (χ0v) is 15.6. The van der Waals surface area contributed by atoms with Gasteiger partial charge in [-0.3, -0.25) is 4.79 Å². The molecule has 0 aliphatic heterocycles. The van der Waals surface area contributed by atoms with Crippen molar-refractivity contribution >= 4 is 28.4 Å². The van der Waals surface area contributed by atoms with Crippen LogP contribution in [0.3, 0.4) is 0 Å². The number of aryl methyl sites for hydroxylation is 1. The normalized spacial score (nSPS) is 16.1. The molecule has 0 saturated heterocycles. The molecule has 7 nitrogen and oxygen atoms in total. The van der Waals surface area contributed by atoms with Gasteiger partial charge in [0.1, 0.15) is 6.33 Å².